The molecule has 142 valence electrons. The molecule has 0 radical (unpaired) electrons. The van der Waals surface area contributed by atoms with Gasteiger partial charge in [-0.15, -0.1) is 5.10 Å². The highest BCUT2D eigenvalue weighted by Crippen LogP contribution is 2.44. The SMILES string of the molecule is O=c1cc2ccc(OC3C=CC(F)=CC3(F)c3c(Cl)cccc3Cl)nn2cn1. The number of fused-ring (bicyclic) bond motifs is 1. The van der Waals surface area contributed by atoms with Crippen molar-refractivity contribution < 1.29 is 13.5 Å². The second kappa shape index (κ2) is 7.00. The van der Waals surface area contributed by atoms with Crippen LogP contribution >= 0.6 is 23.2 Å². The van der Waals surface area contributed by atoms with Crippen molar-refractivity contribution in [3.63, 3.8) is 0 Å². The summed E-state index contributed by atoms with van der Waals surface area (Å²) in [6.45, 7) is 0. The van der Waals surface area contributed by atoms with Crippen LogP contribution in [0.15, 0.2) is 71.6 Å². The number of rotatable bonds is 3. The average molecular weight is 422 g/mol. The number of alkyl halides is 1. The molecule has 5 nitrogen and oxygen atoms in total. The molecular formula is C19H11Cl2F2N3O2. The van der Waals surface area contributed by atoms with Gasteiger partial charge >= 0.3 is 0 Å². The standard InChI is InChI=1S/C19H11Cl2F2N3O2/c20-13-2-1-3-14(21)18(13)19(23)9-11(22)4-6-15(19)28-17-7-5-12-8-16(27)24-10-26(12)25-17/h1-10,15H. The Balaban J connectivity index is 1.76. The maximum absolute atomic E-state index is 16.0. The third-order valence-corrected chi connectivity index (χ3v) is 4.85. The molecular weight excluding hydrogens is 411 g/mol. The fraction of sp³-hybridized carbons (Fsp3) is 0.105. The molecule has 2 aromatic heterocycles. The van der Waals surface area contributed by atoms with E-state index >= 15 is 4.39 Å². The Morgan fingerprint density at radius 1 is 1.18 bits per heavy atom. The Labute approximate surface area is 167 Å². The summed E-state index contributed by atoms with van der Waals surface area (Å²) in [6, 6.07) is 8.80. The molecule has 0 saturated heterocycles. The van der Waals surface area contributed by atoms with E-state index < -0.39 is 23.2 Å². The third kappa shape index (κ3) is 3.27. The van der Waals surface area contributed by atoms with E-state index in [0.29, 0.717) is 5.52 Å². The van der Waals surface area contributed by atoms with E-state index in [9.17, 15) is 9.18 Å². The number of halogens is 4. The first-order chi connectivity index (χ1) is 13.4. The quantitative estimate of drug-likeness (QED) is 0.627. The van der Waals surface area contributed by atoms with Crippen LogP contribution in [0.2, 0.25) is 10.0 Å². The minimum absolute atomic E-state index is 0.0357. The minimum atomic E-state index is -2.47. The summed E-state index contributed by atoms with van der Waals surface area (Å²) < 4.78 is 37.0. The minimum Gasteiger partial charge on any atom is -0.465 e. The molecule has 1 aliphatic carbocycles. The van der Waals surface area contributed by atoms with Crippen LogP contribution in [-0.4, -0.2) is 20.7 Å². The van der Waals surface area contributed by atoms with Gasteiger partial charge < -0.3 is 4.74 Å². The van der Waals surface area contributed by atoms with Gasteiger partial charge in [0.05, 0.1) is 5.52 Å². The molecule has 2 atom stereocenters. The zero-order chi connectivity index (χ0) is 19.9. The lowest BCUT2D eigenvalue weighted by molar-refractivity contribution is 0.0666. The first-order valence-electron chi connectivity index (χ1n) is 8.09. The summed E-state index contributed by atoms with van der Waals surface area (Å²) in [7, 11) is 0. The predicted molar refractivity (Wildman–Crippen MR) is 101 cm³/mol. The van der Waals surface area contributed by atoms with Crippen molar-refractivity contribution in [2.24, 2.45) is 0 Å². The largest absolute Gasteiger partial charge is 0.465 e. The maximum atomic E-state index is 16.0. The number of nitrogens with zero attached hydrogens (tertiary/aromatic N) is 3. The van der Waals surface area contributed by atoms with Crippen molar-refractivity contribution in [1.82, 2.24) is 14.6 Å². The molecule has 0 aliphatic heterocycles. The second-order valence-corrected chi connectivity index (χ2v) is 6.87. The molecule has 0 N–H and O–H groups in total. The Bertz CT molecular complexity index is 1180. The van der Waals surface area contributed by atoms with Crippen LogP contribution in [0.25, 0.3) is 5.52 Å². The first-order valence-corrected chi connectivity index (χ1v) is 8.85. The van der Waals surface area contributed by atoms with Crippen LogP contribution in [0.4, 0.5) is 8.78 Å². The van der Waals surface area contributed by atoms with E-state index in [1.165, 1.54) is 41.2 Å². The molecule has 3 aromatic rings. The highest BCUT2D eigenvalue weighted by atomic mass is 35.5. The first kappa shape index (κ1) is 18.6. The molecule has 1 aromatic carbocycles. The lowest BCUT2D eigenvalue weighted by Gasteiger charge is -2.32. The zero-order valence-electron chi connectivity index (χ0n) is 14.0. The highest BCUT2D eigenvalue weighted by Gasteiger charge is 2.45. The van der Waals surface area contributed by atoms with E-state index in [0.717, 1.165) is 12.2 Å². The van der Waals surface area contributed by atoms with Crippen molar-refractivity contribution in [2.45, 2.75) is 11.8 Å². The van der Waals surface area contributed by atoms with Crippen molar-refractivity contribution in [3.05, 3.63) is 92.7 Å². The molecule has 2 unspecified atom stereocenters. The van der Waals surface area contributed by atoms with Gasteiger partial charge in [0.2, 0.25) is 5.88 Å². The molecule has 0 amide bonds. The average Bonchev–Trinajstić information content (AvgIpc) is 2.64. The molecule has 4 rings (SSSR count). The monoisotopic (exact) mass is 421 g/mol. The summed E-state index contributed by atoms with van der Waals surface area (Å²) in [5, 5.41) is 4.22. The summed E-state index contributed by atoms with van der Waals surface area (Å²) in [5.74, 6) is -0.750. The van der Waals surface area contributed by atoms with Crippen molar-refractivity contribution >= 4 is 28.7 Å². The van der Waals surface area contributed by atoms with Crippen LogP contribution < -0.4 is 10.3 Å². The second-order valence-electron chi connectivity index (χ2n) is 6.06. The molecule has 9 heteroatoms. The summed E-state index contributed by atoms with van der Waals surface area (Å²) in [6.07, 6.45) is 3.01. The van der Waals surface area contributed by atoms with Crippen LogP contribution in [0, 0.1) is 0 Å². The molecule has 28 heavy (non-hydrogen) atoms. The predicted octanol–water partition coefficient (Wildman–Crippen LogP) is 4.43. The Morgan fingerprint density at radius 2 is 1.93 bits per heavy atom. The molecule has 2 heterocycles. The molecule has 0 fully saturated rings. The molecule has 0 spiro atoms. The van der Waals surface area contributed by atoms with Crippen LogP contribution in [-0.2, 0) is 5.67 Å². The molecule has 1 aliphatic rings. The van der Waals surface area contributed by atoms with Gasteiger partial charge in [0.15, 0.2) is 11.8 Å². The van der Waals surface area contributed by atoms with Gasteiger partial charge in [-0.2, -0.15) is 4.98 Å². The van der Waals surface area contributed by atoms with Crippen molar-refractivity contribution in [2.75, 3.05) is 0 Å². The lowest BCUT2D eigenvalue weighted by Crippen LogP contribution is -2.39. The lowest BCUT2D eigenvalue weighted by atomic mass is 9.86. The van der Waals surface area contributed by atoms with Gasteiger partial charge in [-0.05, 0) is 36.4 Å². The van der Waals surface area contributed by atoms with Crippen LogP contribution in [0.5, 0.6) is 5.88 Å². The van der Waals surface area contributed by atoms with Gasteiger partial charge in [0.1, 0.15) is 12.2 Å². The van der Waals surface area contributed by atoms with E-state index in [1.807, 2.05) is 0 Å². The van der Waals surface area contributed by atoms with Gasteiger partial charge in [0.25, 0.3) is 5.56 Å². The Morgan fingerprint density at radius 3 is 2.68 bits per heavy atom. The van der Waals surface area contributed by atoms with E-state index in [1.54, 1.807) is 12.1 Å². The number of aromatic nitrogens is 3. The normalized spacial score (nSPS) is 21.6. The van der Waals surface area contributed by atoms with Crippen LogP contribution in [0.3, 0.4) is 0 Å². The number of hydrogen-bond donors (Lipinski definition) is 0. The van der Waals surface area contributed by atoms with Gasteiger partial charge in [-0.1, -0.05) is 29.3 Å². The Hall–Kier alpha value is -2.77. The molecule has 0 bridgehead atoms. The van der Waals surface area contributed by atoms with Crippen LogP contribution in [0.1, 0.15) is 5.56 Å². The third-order valence-electron chi connectivity index (χ3n) is 4.22. The van der Waals surface area contributed by atoms with Gasteiger partial charge in [-0.25, -0.2) is 13.3 Å². The highest BCUT2D eigenvalue weighted by molar-refractivity contribution is 6.36. The summed E-state index contributed by atoms with van der Waals surface area (Å²) >= 11 is 12.3. The zero-order valence-corrected chi connectivity index (χ0v) is 15.5. The smallest absolute Gasteiger partial charge is 0.273 e. The van der Waals surface area contributed by atoms with Crippen molar-refractivity contribution in [3.8, 4) is 5.88 Å². The van der Waals surface area contributed by atoms with E-state index in [2.05, 4.69) is 10.1 Å². The Kier molecular flexibility index (Phi) is 4.64. The fourth-order valence-electron chi connectivity index (χ4n) is 2.96. The number of hydrogen-bond acceptors (Lipinski definition) is 4. The van der Waals surface area contributed by atoms with E-state index in [-0.39, 0.29) is 21.5 Å². The van der Waals surface area contributed by atoms with E-state index in [4.69, 9.17) is 27.9 Å². The maximum Gasteiger partial charge on any atom is 0.273 e. The fourth-order valence-corrected chi connectivity index (χ4v) is 3.65. The number of allylic oxidation sites excluding steroid dienone is 2. The number of ether oxygens (including phenoxy) is 1. The van der Waals surface area contributed by atoms with Gasteiger partial charge in [0, 0.05) is 27.7 Å². The van der Waals surface area contributed by atoms with Gasteiger partial charge in [-0.3, -0.25) is 4.79 Å². The number of benzene rings is 1. The summed E-state index contributed by atoms with van der Waals surface area (Å²) in [4.78, 5) is 14.9. The molecule has 0 saturated carbocycles. The topological polar surface area (TPSA) is 56.5 Å². The van der Waals surface area contributed by atoms with Crippen molar-refractivity contribution in [1.29, 1.82) is 0 Å². The summed E-state index contributed by atoms with van der Waals surface area (Å²) in [5.41, 5.74) is -2.50.